The summed E-state index contributed by atoms with van der Waals surface area (Å²) in [6, 6.07) is 0.589. The molecule has 112 valence electrons. The van der Waals surface area contributed by atoms with Gasteiger partial charge in [0.15, 0.2) is 0 Å². The molecule has 4 heteroatoms. The largest absolute Gasteiger partial charge is 0.379 e. The third kappa shape index (κ3) is 5.03. The molecule has 1 saturated carbocycles. The summed E-state index contributed by atoms with van der Waals surface area (Å²) in [5, 5.41) is 3.65. The van der Waals surface area contributed by atoms with Gasteiger partial charge in [-0.2, -0.15) is 0 Å². The molecule has 0 aromatic rings. The van der Waals surface area contributed by atoms with Crippen molar-refractivity contribution in [1.82, 2.24) is 5.32 Å². The van der Waals surface area contributed by atoms with Crippen LogP contribution in [0.2, 0.25) is 0 Å². The van der Waals surface area contributed by atoms with Gasteiger partial charge in [0.2, 0.25) is 0 Å². The lowest BCUT2D eigenvalue weighted by Gasteiger charge is -2.41. The summed E-state index contributed by atoms with van der Waals surface area (Å²) in [6.45, 7) is 6.67. The zero-order valence-electron chi connectivity index (χ0n) is 12.2. The normalized spacial score (nSPS) is 31.1. The van der Waals surface area contributed by atoms with E-state index < -0.39 is 0 Å². The summed E-state index contributed by atoms with van der Waals surface area (Å²) >= 11 is 0. The molecule has 0 aromatic heterocycles. The molecule has 3 unspecified atom stereocenters. The van der Waals surface area contributed by atoms with Crippen LogP contribution in [0.3, 0.4) is 0 Å². The molecule has 1 saturated heterocycles. The van der Waals surface area contributed by atoms with Gasteiger partial charge in [-0.25, -0.2) is 0 Å². The van der Waals surface area contributed by atoms with Crippen molar-refractivity contribution in [2.75, 3.05) is 39.6 Å². The number of hydrogen-bond donors (Lipinski definition) is 1. The van der Waals surface area contributed by atoms with Crippen molar-refractivity contribution in [3.63, 3.8) is 0 Å². The Morgan fingerprint density at radius 1 is 0.947 bits per heavy atom. The van der Waals surface area contributed by atoms with E-state index in [0.717, 1.165) is 19.1 Å². The van der Waals surface area contributed by atoms with E-state index in [9.17, 15) is 0 Å². The summed E-state index contributed by atoms with van der Waals surface area (Å²) in [7, 11) is 0. The number of fused-ring (bicyclic) bond motifs is 1. The fraction of sp³-hybridized carbons (Fsp3) is 1.00. The van der Waals surface area contributed by atoms with Crippen LogP contribution in [0.5, 0.6) is 0 Å². The van der Waals surface area contributed by atoms with Crippen LogP contribution in [0, 0.1) is 5.92 Å². The molecule has 1 aliphatic heterocycles. The van der Waals surface area contributed by atoms with E-state index in [4.69, 9.17) is 14.2 Å². The second kappa shape index (κ2) is 8.90. The van der Waals surface area contributed by atoms with Crippen molar-refractivity contribution in [2.45, 2.75) is 51.2 Å². The smallest absolute Gasteiger partial charge is 0.0731 e. The third-order valence-electron chi connectivity index (χ3n) is 4.24. The molecule has 3 atom stereocenters. The van der Waals surface area contributed by atoms with Gasteiger partial charge in [0.05, 0.1) is 32.5 Å². The average Bonchev–Trinajstić information content (AvgIpc) is 2.46. The molecule has 0 aromatic carbocycles. The van der Waals surface area contributed by atoms with Gasteiger partial charge < -0.3 is 19.5 Å². The highest BCUT2D eigenvalue weighted by Gasteiger charge is 2.35. The SMILES string of the molecule is CCOCCOCCOC1CCCC2CCCNC21. The van der Waals surface area contributed by atoms with Crippen molar-refractivity contribution in [2.24, 2.45) is 5.92 Å². The minimum atomic E-state index is 0.398. The Kier molecular flexibility index (Phi) is 7.14. The fourth-order valence-corrected chi connectivity index (χ4v) is 3.31. The molecule has 1 N–H and O–H groups in total. The Morgan fingerprint density at radius 2 is 1.74 bits per heavy atom. The summed E-state index contributed by atoms with van der Waals surface area (Å²) < 4.78 is 16.7. The second-order valence-electron chi connectivity index (χ2n) is 5.53. The predicted molar refractivity (Wildman–Crippen MR) is 75.4 cm³/mol. The van der Waals surface area contributed by atoms with Crippen LogP contribution < -0.4 is 5.32 Å². The van der Waals surface area contributed by atoms with Crippen LogP contribution in [0.4, 0.5) is 0 Å². The first-order valence-corrected chi connectivity index (χ1v) is 7.92. The molecule has 2 aliphatic rings. The zero-order valence-corrected chi connectivity index (χ0v) is 12.2. The van der Waals surface area contributed by atoms with E-state index in [2.05, 4.69) is 5.32 Å². The molecule has 0 amide bonds. The molecule has 4 nitrogen and oxygen atoms in total. The molecule has 1 heterocycles. The number of rotatable bonds is 8. The maximum atomic E-state index is 6.03. The summed E-state index contributed by atoms with van der Waals surface area (Å²) in [5.41, 5.74) is 0. The Morgan fingerprint density at radius 3 is 2.63 bits per heavy atom. The van der Waals surface area contributed by atoms with Crippen molar-refractivity contribution < 1.29 is 14.2 Å². The molecule has 1 aliphatic carbocycles. The average molecular weight is 271 g/mol. The van der Waals surface area contributed by atoms with Crippen LogP contribution in [0.1, 0.15) is 39.0 Å². The molecule has 2 rings (SSSR count). The van der Waals surface area contributed by atoms with Gasteiger partial charge in [-0.3, -0.25) is 0 Å². The second-order valence-corrected chi connectivity index (χ2v) is 5.53. The van der Waals surface area contributed by atoms with Crippen LogP contribution in [-0.2, 0) is 14.2 Å². The highest BCUT2D eigenvalue weighted by atomic mass is 16.5. The van der Waals surface area contributed by atoms with Crippen molar-refractivity contribution in [1.29, 1.82) is 0 Å². The van der Waals surface area contributed by atoms with Crippen molar-refractivity contribution in [3.05, 3.63) is 0 Å². The molecule has 0 radical (unpaired) electrons. The summed E-state index contributed by atoms with van der Waals surface area (Å²) in [6.07, 6.45) is 7.00. The summed E-state index contributed by atoms with van der Waals surface area (Å²) in [4.78, 5) is 0. The maximum Gasteiger partial charge on any atom is 0.0731 e. The number of nitrogens with one attached hydrogen (secondary N) is 1. The lowest BCUT2D eigenvalue weighted by Crippen LogP contribution is -2.52. The Labute approximate surface area is 117 Å². The molecule has 0 bridgehead atoms. The molecule has 2 fully saturated rings. The van der Waals surface area contributed by atoms with Crippen LogP contribution in [-0.4, -0.2) is 51.7 Å². The van der Waals surface area contributed by atoms with E-state index in [1.165, 1.54) is 32.1 Å². The quantitative estimate of drug-likeness (QED) is 0.685. The first-order chi connectivity index (χ1) is 9.42. The predicted octanol–water partition coefficient (Wildman–Crippen LogP) is 1.98. The van der Waals surface area contributed by atoms with Crippen LogP contribution in [0.15, 0.2) is 0 Å². The Bertz CT molecular complexity index is 235. The van der Waals surface area contributed by atoms with E-state index in [1.54, 1.807) is 0 Å². The molecule has 19 heavy (non-hydrogen) atoms. The minimum absolute atomic E-state index is 0.398. The van der Waals surface area contributed by atoms with Crippen LogP contribution >= 0.6 is 0 Å². The van der Waals surface area contributed by atoms with E-state index in [1.807, 2.05) is 6.92 Å². The van der Waals surface area contributed by atoms with Gasteiger partial charge in [0, 0.05) is 12.6 Å². The zero-order chi connectivity index (χ0) is 13.3. The van der Waals surface area contributed by atoms with Crippen molar-refractivity contribution >= 4 is 0 Å². The first kappa shape index (κ1) is 15.2. The highest BCUT2D eigenvalue weighted by Crippen LogP contribution is 2.32. The van der Waals surface area contributed by atoms with Gasteiger partial charge in [-0.05, 0) is 45.1 Å². The lowest BCUT2D eigenvalue weighted by atomic mass is 9.78. The standard InChI is InChI=1S/C15H29NO3/c1-2-17-9-10-18-11-12-19-14-7-3-5-13-6-4-8-16-15(13)14/h13-16H,2-12H2,1H3. The molecular formula is C15H29NO3. The monoisotopic (exact) mass is 271 g/mol. The van der Waals surface area contributed by atoms with Gasteiger partial charge >= 0.3 is 0 Å². The first-order valence-electron chi connectivity index (χ1n) is 7.92. The third-order valence-corrected chi connectivity index (χ3v) is 4.24. The van der Waals surface area contributed by atoms with Gasteiger partial charge in [-0.15, -0.1) is 0 Å². The number of ether oxygens (including phenoxy) is 3. The molecule has 0 spiro atoms. The van der Waals surface area contributed by atoms with E-state index >= 15 is 0 Å². The maximum absolute atomic E-state index is 6.03. The van der Waals surface area contributed by atoms with Crippen molar-refractivity contribution in [3.8, 4) is 0 Å². The van der Waals surface area contributed by atoms with Gasteiger partial charge in [0.25, 0.3) is 0 Å². The summed E-state index contributed by atoms with van der Waals surface area (Å²) in [5.74, 6) is 0.839. The number of piperidine rings is 1. The fourth-order valence-electron chi connectivity index (χ4n) is 3.31. The minimum Gasteiger partial charge on any atom is -0.379 e. The van der Waals surface area contributed by atoms with Gasteiger partial charge in [0.1, 0.15) is 0 Å². The topological polar surface area (TPSA) is 39.7 Å². The lowest BCUT2D eigenvalue weighted by molar-refractivity contribution is -0.0498. The Hall–Kier alpha value is -0.160. The Balaban J connectivity index is 1.56. The van der Waals surface area contributed by atoms with Gasteiger partial charge in [-0.1, -0.05) is 6.42 Å². The molecular weight excluding hydrogens is 242 g/mol. The highest BCUT2D eigenvalue weighted by molar-refractivity contribution is 4.91. The van der Waals surface area contributed by atoms with E-state index in [-0.39, 0.29) is 0 Å². The van der Waals surface area contributed by atoms with Crippen LogP contribution in [0.25, 0.3) is 0 Å². The van der Waals surface area contributed by atoms with E-state index in [0.29, 0.717) is 38.6 Å². The number of hydrogen-bond acceptors (Lipinski definition) is 4.